The standard InChI is InChI=1S/C26H25Cl2F3N6S.C2HF3O2/c1-15(2)36-10-12-37(13-11-36)25-34-23(32-17-8-6-16(7-9-17)26(29,30)31)22-24(35-25)38-21(33-22)14-18-19(27)4-3-5-20(18)28;3-2(4,5)1(6)7/h3-9,15H,10-14H2,1-2H3,(H,32,34,35);(H,6,7). The van der Waals surface area contributed by atoms with Crippen molar-refractivity contribution in [3.63, 3.8) is 0 Å². The van der Waals surface area contributed by atoms with E-state index in [1.807, 2.05) is 0 Å². The van der Waals surface area contributed by atoms with Gasteiger partial charge in [-0.25, -0.2) is 9.78 Å². The molecule has 1 aliphatic rings. The van der Waals surface area contributed by atoms with E-state index >= 15 is 0 Å². The van der Waals surface area contributed by atoms with Gasteiger partial charge in [0.1, 0.15) is 10.5 Å². The van der Waals surface area contributed by atoms with Gasteiger partial charge >= 0.3 is 18.3 Å². The lowest BCUT2D eigenvalue weighted by molar-refractivity contribution is -0.192. The number of nitrogens with zero attached hydrogens (tertiary/aromatic N) is 5. The van der Waals surface area contributed by atoms with E-state index in [4.69, 9.17) is 48.1 Å². The molecule has 0 bridgehead atoms. The van der Waals surface area contributed by atoms with Crippen molar-refractivity contribution in [1.82, 2.24) is 19.9 Å². The van der Waals surface area contributed by atoms with Crippen LogP contribution in [-0.4, -0.2) is 69.3 Å². The Morgan fingerprint density at radius 1 is 0.956 bits per heavy atom. The van der Waals surface area contributed by atoms with Crippen LogP contribution < -0.4 is 10.2 Å². The SMILES string of the molecule is CC(C)N1CCN(c2nc(Nc3ccc(C(F)(F)F)cc3)c3nc(Cc4c(Cl)cccc4Cl)sc3n2)CC1.O=C(O)C(F)(F)F. The molecule has 17 heteroatoms. The van der Waals surface area contributed by atoms with Gasteiger partial charge < -0.3 is 15.3 Å². The number of carboxylic acid groups (broad SMARTS) is 1. The van der Waals surface area contributed by atoms with Gasteiger partial charge in [0.15, 0.2) is 10.6 Å². The molecule has 0 atom stereocenters. The van der Waals surface area contributed by atoms with Gasteiger partial charge in [-0.15, -0.1) is 0 Å². The van der Waals surface area contributed by atoms with E-state index < -0.39 is 23.9 Å². The number of carbonyl (C=O) groups is 1. The van der Waals surface area contributed by atoms with Crippen LogP contribution in [0, 0.1) is 0 Å². The van der Waals surface area contributed by atoms with E-state index in [0.717, 1.165) is 48.9 Å². The molecule has 2 aromatic heterocycles. The number of fused-ring (bicyclic) bond motifs is 1. The highest BCUT2D eigenvalue weighted by Gasteiger charge is 2.38. The lowest BCUT2D eigenvalue weighted by Gasteiger charge is -2.36. The monoisotopic (exact) mass is 694 g/mol. The van der Waals surface area contributed by atoms with Gasteiger partial charge in [-0.1, -0.05) is 40.6 Å². The van der Waals surface area contributed by atoms with E-state index in [-0.39, 0.29) is 0 Å². The summed E-state index contributed by atoms with van der Waals surface area (Å²) < 4.78 is 70.9. The van der Waals surface area contributed by atoms with Crippen molar-refractivity contribution in [3.8, 4) is 0 Å². The molecule has 4 aromatic rings. The topological polar surface area (TPSA) is 94.5 Å². The average molecular weight is 696 g/mol. The Bertz CT molecular complexity index is 1620. The first-order valence-electron chi connectivity index (χ1n) is 13.4. The third kappa shape index (κ3) is 8.87. The van der Waals surface area contributed by atoms with Gasteiger partial charge in [0.25, 0.3) is 0 Å². The zero-order valence-corrected chi connectivity index (χ0v) is 26.0. The third-order valence-corrected chi connectivity index (χ3v) is 8.38. The maximum Gasteiger partial charge on any atom is 0.490 e. The minimum absolute atomic E-state index is 0.418. The number of benzene rings is 2. The average Bonchev–Trinajstić information content (AvgIpc) is 3.38. The Labute approximate surface area is 267 Å². The molecule has 3 heterocycles. The number of aromatic nitrogens is 3. The Hall–Kier alpha value is -3.40. The van der Waals surface area contributed by atoms with Crippen molar-refractivity contribution >= 4 is 68.3 Å². The first kappa shape index (κ1) is 34.5. The molecule has 0 radical (unpaired) electrons. The summed E-state index contributed by atoms with van der Waals surface area (Å²) in [6, 6.07) is 10.7. The van der Waals surface area contributed by atoms with Crippen molar-refractivity contribution in [2.75, 3.05) is 36.4 Å². The van der Waals surface area contributed by atoms with Crippen LogP contribution in [0.4, 0.5) is 43.8 Å². The van der Waals surface area contributed by atoms with Crippen LogP contribution >= 0.6 is 34.5 Å². The van der Waals surface area contributed by atoms with Crippen LogP contribution in [0.1, 0.15) is 30.0 Å². The number of hydrogen-bond donors (Lipinski definition) is 2. The Morgan fingerprint density at radius 2 is 1.53 bits per heavy atom. The maximum atomic E-state index is 13.1. The number of thiazole rings is 1. The summed E-state index contributed by atoms with van der Waals surface area (Å²) in [4.78, 5) is 28.5. The van der Waals surface area contributed by atoms with Crippen LogP contribution in [0.15, 0.2) is 42.5 Å². The lowest BCUT2D eigenvalue weighted by Crippen LogP contribution is -2.49. The molecule has 1 aliphatic heterocycles. The van der Waals surface area contributed by atoms with Gasteiger partial charge in [-0.3, -0.25) is 4.90 Å². The van der Waals surface area contributed by atoms with E-state index in [1.165, 1.54) is 23.5 Å². The summed E-state index contributed by atoms with van der Waals surface area (Å²) >= 11 is 14.2. The second-order valence-electron chi connectivity index (χ2n) is 10.1. The summed E-state index contributed by atoms with van der Waals surface area (Å²) in [6.45, 7) is 7.66. The number of piperazine rings is 1. The van der Waals surface area contributed by atoms with Crippen molar-refractivity contribution in [3.05, 3.63) is 68.6 Å². The van der Waals surface area contributed by atoms with E-state index in [9.17, 15) is 26.3 Å². The first-order valence-corrected chi connectivity index (χ1v) is 14.9. The molecule has 2 aromatic carbocycles. The van der Waals surface area contributed by atoms with Crippen LogP contribution in [0.2, 0.25) is 10.0 Å². The fourth-order valence-corrected chi connectivity index (χ4v) is 5.80. The molecule has 0 aliphatic carbocycles. The zero-order valence-electron chi connectivity index (χ0n) is 23.7. The predicted octanol–water partition coefficient (Wildman–Crippen LogP) is 7.91. The summed E-state index contributed by atoms with van der Waals surface area (Å²) in [5.74, 6) is -1.77. The molecule has 0 spiro atoms. The molecule has 242 valence electrons. The number of nitrogens with one attached hydrogen (secondary N) is 1. The van der Waals surface area contributed by atoms with Crippen LogP contribution in [-0.2, 0) is 17.4 Å². The van der Waals surface area contributed by atoms with Gasteiger partial charge in [0, 0.05) is 54.4 Å². The molecule has 0 saturated carbocycles. The second kappa shape index (κ2) is 13.9. The normalized spacial score (nSPS) is 14.4. The lowest BCUT2D eigenvalue weighted by atomic mass is 10.1. The molecular weight excluding hydrogens is 669 g/mol. The molecule has 0 unspecified atom stereocenters. The highest BCUT2D eigenvalue weighted by Crippen LogP contribution is 2.35. The molecule has 0 amide bonds. The van der Waals surface area contributed by atoms with E-state index in [0.29, 0.717) is 50.3 Å². The summed E-state index contributed by atoms with van der Waals surface area (Å²) in [7, 11) is 0. The van der Waals surface area contributed by atoms with Gasteiger partial charge in [0.05, 0.1) is 5.56 Å². The molecule has 5 rings (SSSR count). The van der Waals surface area contributed by atoms with Crippen molar-refractivity contribution in [2.24, 2.45) is 0 Å². The number of alkyl halides is 6. The zero-order chi connectivity index (χ0) is 33.1. The first-order chi connectivity index (χ1) is 21.0. The highest BCUT2D eigenvalue weighted by atomic mass is 35.5. The molecule has 1 fully saturated rings. The second-order valence-corrected chi connectivity index (χ2v) is 12.0. The number of carboxylic acids is 1. The smallest absolute Gasteiger partial charge is 0.475 e. The number of halogens is 8. The number of rotatable bonds is 6. The van der Waals surface area contributed by atoms with Crippen LogP contribution in [0.5, 0.6) is 0 Å². The third-order valence-electron chi connectivity index (χ3n) is 6.73. The minimum atomic E-state index is -5.08. The van der Waals surface area contributed by atoms with Gasteiger partial charge in [0.2, 0.25) is 5.95 Å². The summed E-state index contributed by atoms with van der Waals surface area (Å²) in [5.41, 5.74) is 1.06. The predicted molar refractivity (Wildman–Crippen MR) is 162 cm³/mol. The maximum absolute atomic E-state index is 13.1. The molecule has 2 N–H and O–H groups in total. The number of aliphatic carboxylic acids is 1. The van der Waals surface area contributed by atoms with E-state index in [1.54, 1.807) is 18.2 Å². The Morgan fingerprint density at radius 3 is 2.04 bits per heavy atom. The largest absolute Gasteiger partial charge is 0.490 e. The van der Waals surface area contributed by atoms with Crippen molar-refractivity contribution in [1.29, 1.82) is 0 Å². The van der Waals surface area contributed by atoms with Gasteiger partial charge in [-0.05, 0) is 55.8 Å². The fraction of sp³-hybridized carbons (Fsp3) is 0.357. The Balaban J connectivity index is 0.000000591. The highest BCUT2D eigenvalue weighted by molar-refractivity contribution is 7.18. The van der Waals surface area contributed by atoms with E-state index in [2.05, 4.69) is 29.0 Å². The minimum Gasteiger partial charge on any atom is -0.475 e. The Kier molecular flexibility index (Phi) is 10.7. The summed E-state index contributed by atoms with van der Waals surface area (Å²) in [5, 5.41) is 12.1. The number of hydrogen-bond acceptors (Lipinski definition) is 8. The molecule has 45 heavy (non-hydrogen) atoms. The van der Waals surface area contributed by atoms with Crippen LogP contribution in [0.3, 0.4) is 0 Å². The van der Waals surface area contributed by atoms with Crippen molar-refractivity contribution in [2.45, 2.75) is 38.7 Å². The van der Waals surface area contributed by atoms with Crippen LogP contribution in [0.25, 0.3) is 10.3 Å². The molecule has 8 nitrogen and oxygen atoms in total. The molecule has 1 saturated heterocycles. The van der Waals surface area contributed by atoms with Crippen molar-refractivity contribution < 1.29 is 36.2 Å². The number of anilines is 3. The quantitative estimate of drug-likeness (QED) is 0.197. The fourth-order valence-electron chi connectivity index (χ4n) is 4.33. The summed E-state index contributed by atoms with van der Waals surface area (Å²) in [6.07, 6.45) is -9.07. The van der Waals surface area contributed by atoms with Gasteiger partial charge in [-0.2, -0.15) is 36.3 Å². The molecular formula is C28H26Cl2F6N6O2S.